The van der Waals surface area contributed by atoms with Crippen LogP contribution in [0.25, 0.3) is 16.9 Å². The zero-order chi connectivity index (χ0) is 24.5. The molecule has 0 saturated heterocycles. The second-order valence-electron chi connectivity index (χ2n) is 7.49. The minimum atomic E-state index is -4.73. The van der Waals surface area contributed by atoms with Gasteiger partial charge in [-0.3, -0.25) is 4.79 Å². The fraction of sp³-hybridized carbons (Fsp3) is 0.208. The number of hydrogen-bond donors (Lipinski definition) is 1. The van der Waals surface area contributed by atoms with Gasteiger partial charge in [0.15, 0.2) is 22.8 Å². The number of nitrogens with one attached hydrogen (secondary N) is 1. The molecule has 0 aliphatic rings. The van der Waals surface area contributed by atoms with Gasteiger partial charge >= 0.3 is 6.18 Å². The van der Waals surface area contributed by atoms with Crippen molar-refractivity contribution in [2.75, 3.05) is 14.2 Å². The van der Waals surface area contributed by atoms with Crippen molar-refractivity contribution in [3.8, 4) is 22.8 Å². The number of carbonyl (C=O) groups is 1. The monoisotopic (exact) mass is 470 g/mol. The second-order valence-corrected chi connectivity index (χ2v) is 7.49. The van der Waals surface area contributed by atoms with Gasteiger partial charge in [-0.25, -0.2) is 9.50 Å². The predicted octanol–water partition coefficient (Wildman–Crippen LogP) is 4.92. The minimum absolute atomic E-state index is 0.00596. The third kappa shape index (κ3) is 4.39. The van der Waals surface area contributed by atoms with E-state index in [9.17, 15) is 18.0 Å². The summed E-state index contributed by atoms with van der Waals surface area (Å²) in [6.07, 6.45) is -3.65. The molecule has 4 rings (SSSR count). The van der Waals surface area contributed by atoms with Crippen LogP contribution in [0.3, 0.4) is 0 Å². The second kappa shape index (κ2) is 9.05. The number of carbonyl (C=O) groups excluding carboxylic acids is 1. The fourth-order valence-corrected chi connectivity index (χ4v) is 3.57. The van der Waals surface area contributed by atoms with Gasteiger partial charge in [-0.15, -0.1) is 0 Å². The Balaban J connectivity index is 1.81. The number of alkyl halides is 3. The van der Waals surface area contributed by atoms with Crippen molar-refractivity contribution in [3.63, 3.8) is 0 Å². The van der Waals surface area contributed by atoms with E-state index in [2.05, 4.69) is 15.4 Å². The van der Waals surface area contributed by atoms with E-state index in [-0.39, 0.29) is 22.9 Å². The van der Waals surface area contributed by atoms with Crippen LogP contribution in [0.15, 0.2) is 60.8 Å². The van der Waals surface area contributed by atoms with E-state index in [1.54, 1.807) is 19.1 Å². The van der Waals surface area contributed by atoms with Gasteiger partial charge in [-0.1, -0.05) is 30.3 Å². The third-order valence-electron chi connectivity index (χ3n) is 5.33. The number of halogens is 3. The van der Waals surface area contributed by atoms with Crippen molar-refractivity contribution in [2.45, 2.75) is 19.1 Å². The lowest BCUT2D eigenvalue weighted by Gasteiger charge is -2.15. The summed E-state index contributed by atoms with van der Waals surface area (Å²) in [5, 5.41) is 6.60. The highest BCUT2D eigenvalue weighted by atomic mass is 19.4. The average Bonchev–Trinajstić information content (AvgIpc) is 3.27. The first kappa shape index (κ1) is 23.1. The van der Waals surface area contributed by atoms with Gasteiger partial charge in [0, 0.05) is 5.56 Å². The first-order valence-corrected chi connectivity index (χ1v) is 10.3. The van der Waals surface area contributed by atoms with Crippen molar-refractivity contribution < 1.29 is 27.4 Å². The van der Waals surface area contributed by atoms with Crippen LogP contribution in [0, 0.1) is 0 Å². The Morgan fingerprint density at radius 2 is 1.74 bits per heavy atom. The average molecular weight is 470 g/mol. The van der Waals surface area contributed by atoms with E-state index in [1.165, 1.54) is 20.3 Å². The molecule has 4 aromatic rings. The van der Waals surface area contributed by atoms with Crippen LogP contribution in [-0.4, -0.2) is 34.7 Å². The van der Waals surface area contributed by atoms with Gasteiger partial charge in [-0.05, 0) is 36.8 Å². The van der Waals surface area contributed by atoms with Crippen molar-refractivity contribution in [1.29, 1.82) is 0 Å². The maximum Gasteiger partial charge on any atom is 0.433 e. The SMILES string of the molecule is COc1ccc(-c2cc(C(F)(F)F)n3ncc(C(=O)N[C@H](C)c4ccccc4)c3n2)cc1OC. The number of methoxy groups -OCH3 is 2. The lowest BCUT2D eigenvalue weighted by atomic mass is 10.1. The van der Waals surface area contributed by atoms with Gasteiger partial charge in [0.05, 0.1) is 32.2 Å². The van der Waals surface area contributed by atoms with Crippen LogP contribution in [0.4, 0.5) is 13.2 Å². The summed E-state index contributed by atoms with van der Waals surface area (Å²) < 4.78 is 52.7. The van der Waals surface area contributed by atoms with Crippen LogP contribution in [-0.2, 0) is 6.18 Å². The maximum atomic E-state index is 13.9. The summed E-state index contributed by atoms with van der Waals surface area (Å²) in [7, 11) is 2.88. The number of fused-ring (bicyclic) bond motifs is 1. The predicted molar refractivity (Wildman–Crippen MR) is 119 cm³/mol. The molecule has 0 fully saturated rings. The molecular formula is C24H21F3N4O3. The van der Waals surface area contributed by atoms with Gasteiger partial charge in [0.1, 0.15) is 5.56 Å². The smallest absolute Gasteiger partial charge is 0.433 e. The van der Waals surface area contributed by atoms with Crippen LogP contribution < -0.4 is 14.8 Å². The quantitative estimate of drug-likeness (QED) is 0.433. The standard InChI is InChI=1S/C24H21F3N4O3/c1-14(15-7-5-4-6-8-15)29-23(32)17-13-28-31-21(24(25,26)27)12-18(30-22(17)31)16-9-10-19(33-2)20(11-16)34-3/h4-14H,1-3H3,(H,29,32)/t14-/m1/s1. The molecule has 0 unspecified atom stereocenters. The van der Waals surface area contributed by atoms with Gasteiger partial charge in [0.2, 0.25) is 0 Å². The summed E-state index contributed by atoms with van der Waals surface area (Å²) in [4.78, 5) is 17.3. The number of amides is 1. The Labute approximate surface area is 193 Å². The Bertz CT molecular complexity index is 1340. The van der Waals surface area contributed by atoms with Gasteiger partial charge < -0.3 is 14.8 Å². The molecule has 2 aromatic carbocycles. The number of aromatic nitrogens is 3. The first-order chi connectivity index (χ1) is 16.2. The van der Waals surface area contributed by atoms with Crippen LogP contribution in [0.1, 0.15) is 34.6 Å². The highest BCUT2D eigenvalue weighted by Gasteiger charge is 2.36. The van der Waals surface area contributed by atoms with Crippen molar-refractivity contribution >= 4 is 11.6 Å². The number of hydrogen-bond acceptors (Lipinski definition) is 5. The summed E-state index contributed by atoms with van der Waals surface area (Å²) in [5.41, 5.74) is -0.130. The van der Waals surface area contributed by atoms with E-state index >= 15 is 0 Å². The minimum Gasteiger partial charge on any atom is -0.493 e. The molecular weight excluding hydrogens is 449 g/mol. The third-order valence-corrected chi connectivity index (χ3v) is 5.33. The highest BCUT2D eigenvalue weighted by molar-refractivity contribution is 6.00. The molecule has 0 aliphatic heterocycles. The Hall–Kier alpha value is -4.08. The van der Waals surface area contributed by atoms with Crippen molar-refractivity contribution in [2.24, 2.45) is 0 Å². The van der Waals surface area contributed by atoms with Crippen LogP contribution in [0.2, 0.25) is 0 Å². The Morgan fingerprint density at radius 3 is 2.38 bits per heavy atom. The summed E-state index contributed by atoms with van der Waals surface area (Å²) in [6, 6.07) is 14.4. The van der Waals surface area contributed by atoms with E-state index in [0.717, 1.165) is 17.8 Å². The lowest BCUT2D eigenvalue weighted by molar-refractivity contribution is -0.142. The molecule has 1 N–H and O–H groups in total. The summed E-state index contributed by atoms with van der Waals surface area (Å²) >= 11 is 0. The number of rotatable bonds is 6. The normalized spacial score (nSPS) is 12.4. The fourth-order valence-electron chi connectivity index (χ4n) is 3.57. The zero-order valence-electron chi connectivity index (χ0n) is 18.6. The molecule has 1 atom stereocenters. The number of ether oxygens (including phenoxy) is 2. The van der Waals surface area contributed by atoms with Crippen LogP contribution in [0.5, 0.6) is 11.5 Å². The van der Waals surface area contributed by atoms with Crippen molar-refractivity contribution in [3.05, 3.63) is 77.6 Å². The molecule has 2 heterocycles. The summed E-state index contributed by atoms with van der Waals surface area (Å²) in [6.45, 7) is 1.78. The molecule has 34 heavy (non-hydrogen) atoms. The Kier molecular flexibility index (Phi) is 6.14. The number of benzene rings is 2. The molecule has 2 aromatic heterocycles. The molecule has 0 aliphatic carbocycles. The maximum absolute atomic E-state index is 13.9. The molecule has 176 valence electrons. The van der Waals surface area contributed by atoms with Crippen molar-refractivity contribution in [1.82, 2.24) is 19.9 Å². The molecule has 1 amide bonds. The molecule has 0 bridgehead atoms. The molecule has 0 spiro atoms. The topological polar surface area (TPSA) is 77.8 Å². The first-order valence-electron chi connectivity index (χ1n) is 10.3. The summed E-state index contributed by atoms with van der Waals surface area (Å²) in [5.74, 6) is 0.164. The zero-order valence-corrected chi connectivity index (χ0v) is 18.6. The molecule has 10 heteroatoms. The largest absolute Gasteiger partial charge is 0.493 e. The highest BCUT2D eigenvalue weighted by Crippen LogP contribution is 2.35. The lowest BCUT2D eigenvalue weighted by Crippen LogP contribution is -2.26. The van der Waals surface area contributed by atoms with E-state index < -0.39 is 17.8 Å². The van der Waals surface area contributed by atoms with E-state index in [4.69, 9.17) is 9.47 Å². The Morgan fingerprint density at radius 1 is 1.03 bits per heavy atom. The molecule has 0 saturated carbocycles. The number of nitrogens with zero attached hydrogens (tertiary/aromatic N) is 3. The van der Waals surface area contributed by atoms with Crippen LogP contribution >= 0.6 is 0 Å². The van der Waals surface area contributed by atoms with Gasteiger partial charge in [-0.2, -0.15) is 18.3 Å². The van der Waals surface area contributed by atoms with E-state index in [0.29, 0.717) is 21.6 Å². The van der Waals surface area contributed by atoms with Gasteiger partial charge in [0.25, 0.3) is 5.91 Å². The van der Waals surface area contributed by atoms with E-state index in [1.807, 2.05) is 30.3 Å². The molecule has 7 nitrogen and oxygen atoms in total. The molecule has 0 radical (unpaired) electrons.